The second kappa shape index (κ2) is 8.64. The van der Waals surface area contributed by atoms with E-state index in [1.165, 1.54) is 12.8 Å². The Hall–Kier alpha value is 0.348. The first-order valence-electron chi connectivity index (χ1n) is 4.73. The van der Waals surface area contributed by atoms with Crippen molar-refractivity contribution in [2.75, 3.05) is 0 Å². The molecule has 1 atom stereocenters. The van der Waals surface area contributed by atoms with Gasteiger partial charge in [-0.25, -0.2) is 5.57 Å². The first-order valence-corrected chi connectivity index (χ1v) is 4.73. The number of hydrogen-bond donors (Lipinski definition) is 0. The molecule has 0 bridgehead atoms. The van der Waals surface area contributed by atoms with Crippen LogP contribution in [0.1, 0.15) is 40.5 Å². The van der Waals surface area contributed by atoms with Gasteiger partial charge in [-0.05, 0) is 5.92 Å². The molecule has 4 N–H and O–H groups in total. The fraction of sp³-hybridized carbons (Fsp3) is 0.818. The predicted octanol–water partition coefficient (Wildman–Crippen LogP) is 1.79. The van der Waals surface area contributed by atoms with Gasteiger partial charge in [0.15, 0.2) is 0 Å². The van der Waals surface area contributed by atoms with Crippen LogP contribution in [-0.2, 0) is 21.1 Å². The quantitative estimate of drug-likeness (QED) is 0.665. The molecule has 0 radical (unpaired) electrons. The van der Waals surface area contributed by atoms with Gasteiger partial charge >= 0.3 is 0 Å². The minimum absolute atomic E-state index is 0. The smallest absolute Gasteiger partial charge is 0 e. The van der Waals surface area contributed by atoms with Crippen molar-refractivity contribution in [3.63, 3.8) is 0 Å². The number of hydrogen-bond acceptors (Lipinski definition) is 0. The van der Waals surface area contributed by atoms with Crippen molar-refractivity contribution >= 4 is 0 Å². The van der Waals surface area contributed by atoms with Gasteiger partial charge in [0, 0.05) is 21.1 Å². The third-order valence-corrected chi connectivity index (χ3v) is 2.61. The molecule has 0 aromatic heterocycles. The van der Waals surface area contributed by atoms with Gasteiger partial charge in [0.05, 0.1) is 0 Å². The van der Waals surface area contributed by atoms with Gasteiger partial charge in [-0.1, -0.05) is 46.0 Å². The van der Waals surface area contributed by atoms with Crippen molar-refractivity contribution < 1.29 is 32.0 Å². The van der Waals surface area contributed by atoms with E-state index in [-0.39, 0.29) is 32.0 Å². The van der Waals surface area contributed by atoms with E-state index in [4.69, 9.17) is 0 Å². The average Bonchev–Trinajstić information content (AvgIpc) is 2.32. The minimum atomic E-state index is 0. The summed E-state index contributed by atoms with van der Waals surface area (Å²) in [6, 6.07) is 0. The van der Waals surface area contributed by atoms with E-state index >= 15 is 0 Å². The number of rotatable bonds is 2. The Kier molecular flexibility index (Phi) is 12.3. The van der Waals surface area contributed by atoms with Crippen LogP contribution >= 0.6 is 0 Å². The summed E-state index contributed by atoms with van der Waals surface area (Å²) in [5.41, 5.74) is 1.58. The second-order valence-corrected chi connectivity index (χ2v) is 4.18. The zero-order chi connectivity index (χ0) is 8.43. The van der Waals surface area contributed by atoms with Gasteiger partial charge in [-0.2, -0.15) is 6.42 Å². The standard InChI is InChI=1S/C11H19.2H2O.W/c1-8(2)10-6-5-7-11(10)9(3)4;;;/h8-10H,5-6H2,1-4H3;2*1H2;/q-1;;;. The summed E-state index contributed by atoms with van der Waals surface area (Å²) < 4.78 is 0. The van der Waals surface area contributed by atoms with Crippen LogP contribution in [0.5, 0.6) is 0 Å². The SMILES string of the molecule is CC(C)C1=[C-]CCC1C(C)C.O.O.[W]. The molecule has 2 nitrogen and oxygen atoms in total. The summed E-state index contributed by atoms with van der Waals surface area (Å²) in [5, 5.41) is 0. The van der Waals surface area contributed by atoms with E-state index in [0.717, 1.165) is 11.8 Å². The molecule has 1 rings (SSSR count). The number of allylic oxidation sites excluding steroid dienone is 2. The fourth-order valence-corrected chi connectivity index (χ4v) is 1.98. The van der Waals surface area contributed by atoms with Gasteiger partial charge in [-0.3, -0.25) is 0 Å². The summed E-state index contributed by atoms with van der Waals surface area (Å²) in [5.74, 6) is 2.35. The van der Waals surface area contributed by atoms with Crippen molar-refractivity contribution in [3.8, 4) is 0 Å². The summed E-state index contributed by atoms with van der Waals surface area (Å²) >= 11 is 0. The molecule has 0 aliphatic heterocycles. The van der Waals surface area contributed by atoms with Gasteiger partial charge in [-0.15, -0.1) is 0 Å². The van der Waals surface area contributed by atoms with Crippen LogP contribution in [0.3, 0.4) is 0 Å². The van der Waals surface area contributed by atoms with E-state index in [9.17, 15) is 0 Å². The van der Waals surface area contributed by atoms with Crippen molar-refractivity contribution in [2.24, 2.45) is 17.8 Å². The molecule has 1 unspecified atom stereocenters. The van der Waals surface area contributed by atoms with Crippen molar-refractivity contribution in [3.05, 3.63) is 11.6 Å². The van der Waals surface area contributed by atoms with Crippen LogP contribution in [0, 0.1) is 23.8 Å². The maximum Gasteiger partial charge on any atom is 0 e. The zero-order valence-corrected chi connectivity index (χ0v) is 12.5. The largest absolute Gasteiger partial charge is 0.497 e. The van der Waals surface area contributed by atoms with Crippen molar-refractivity contribution in [1.82, 2.24) is 0 Å². The third-order valence-electron chi connectivity index (χ3n) is 2.61. The van der Waals surface area contributed by atoms with Crippen LogP contribution in [0.4, 0.5) is 0 Å². The molecule has 86 valence electrons. The molecule has 0 spiro atoms. The zero-order valence-electron chi connectivity index (χ0n) is 9.55. The molecule has 0 heterocycles. The minimum Gasteiger partial charge on any atom is -0.497 e. The summed E-state index contributed by atoms with van der Waals surface area (Å²) in [6.45, 7) is 9.20. The average molecular weight is 371 g/mol. The molecule has 0 saturated heterocycles. The fourth-order valence-electron chi connectivity index (χ4n) is 1.98. The van der Waals surface area contributed by atoms with Crippen LogP contribution in [0.15, 0.2) is 5.57 Å². The predicted molar refractivity (Wildman–Crippen MR) is 56.4 cm³/mol. The Morgan fingerprint density at radius 1 is 1.14 bits per heavy atom. The van der Waals surface area contributed by atoms with Crippen molar-refractivity contribution in [1.29, 1.82) is 0 Å². The van der Waals surface area contributed by atoms with Gasteiger partial charge in [0.2, 0.25) is 0 Å². The molecule has 3 heteroatoms. The van der Waals surface area contributed by atoms with Crippen LogP contribution in [-0.4, -0.2) is 11.0 Å². The molecule has 14 heavy (non-hydrogen) atoms. The molecular weight excluding hydrogens is 348 g/mol. The molecule has 0 fully saturated rings. The molecular formula is C11H23O2W-. The van der Waals surface area contributed by atoms with Gasteiger partial charge < -0.3 is 17.0 Å². The van der Waals surface area contributed by atoms with Crippen LogP contribution < -0.4 is 0 Å². The van der Waals surface area contributed by atoms with E-state index < -0.39 is 0 Å². The van der Waals surface area contributed by atoms with Gasteiger partial charge in [0.25, 0.3) is 0 Å². The molecule has 1 aliphatic carbocycles. The Labute approximate surface area is 102 Å². The maximum absolute atomic E-state index is 3.50. The third kappa shape index (κ3) is 4.72. The Bertz CT molecular complexity index is 165. The Balaban J connectivity index is -0.000000403. The van der Waals surface area contributed by atoms with E-state index in [0.29, 0.717) is 5.92 Å². The first kappa shape index (κ1) is 19.9. The Morgan fingerprint density at radius 2 is 1.64 bits per heavy atom. The summed E-state index contributed by atoms with van der Waals surface area (Å²) in [7, 11) is 0. The summed E-state index contributed by atoms with van der Waals surface area (Å²) in [6.07, 6.45) is 6.03. The molecule has 1 aliphatic rings. The van der Waals surface area contributed by atoms with E-state index in [1.807, 2.05) is 0 Å². The van der Waals surface area contributed by atoms with Gasteiger partial charge in [0.1, 0.15) is 0 Å². The molecule has 0 amide bonds. The topological polar surface area (TPSA) is 63.0 Å². The Morgan fingerprint density at radius 3 is 1.93 bits per heavy atom. The van der Waals surface area contributed by atoms with E-state index in [1.54, 1.807) is 5.57 Å². The molecule has 0 aromatic carbocycles. The molecule has 0 aromatic rings. The van der Waals surface area contributed by atoms with Crippen molar-refractivity contribution in [2.45, 2.75) is 40.5 Å². The first-order chi connectivity index (χ1) is 5.13. The van der Waals surface area contributed by atoms with E-state index in [2.05, 4.69) is 33.8 Å². The summed E-state index contributed by atoms with van der Waals surface area (Å²) in [4.78, 5) is 0. The maximum atomic E-state index is 3.50. The molecule has 0 saturated carbocycles. The second-order valence-electron chi connectivity index (χ2n) is 4.18. The normalized spacial score (nSPS) is 19.6. The van der Waals surface area contributed by atoms with Crippen LogP contribution in [0.25, 0.3) is 0 Å². The monoisotopic (exact) mass is 371 g/mol. The van der Waals surface area contributed by atoms with Crippen LogP contribution in [0.2, 0.25) is 0 Å².